The van der Waals surface area contributed by atoms with Gasteiger partial charge in [0.15, 0.2) is 0 Å². The average molecular weight is 289 g/mol. The van der Waals surface area contributed by atoms with E-state index in [1.54, 1.807) is 0 Å². The van der Waals surface area contributed by atoms with E-state index < -0.39 is 16.2 Å². The zero-order valence-electron chi connectivity index (χ0n) is 12.0. The SMILES string of the molecule is CCCCCCCCCCCCC(C(N)=O)=S(=O)=O. The van der Waals surface area contributed by atoms with Gasteiger partial charge in [0.25, 0.3) is 5.91 Å². The Morgan fingerprint density at radius 1 is 0.842 bits per heavy atom. The summed E-state index contributed by atoms with van der Waals surface area (Å²) >= 11 is 0. The molecule has 0 saturated carbocycles. The first kappa shape index (κ1) is 18.2. The van der Waals surface area contributed by atoms with Crippen LogP contribution in [0.5, 0.6) is 0 Å². The number of primary amides is 1. The molecule has 0 atom stereocenters. The van der Waals surface area contributed by atoms with Crippen LogP contribution in [0.2, 0.25) is 0 Å². The third-order valence-corrected chi connectivity index (χ3v) is 4.04. The monoisotopic (exact) mass is 289 g/mol. The predicted octanol–water partition coefficient (Wildman–Crippen LogP) is 2.83. The van der Waals surface area contributed by atoms with E-state index in [2.05, 4.69) is 6.92 Å². The third-order valence-electron chi connectivity index (χ3n) is 3.23. The summed E-state index contributed by atoms with van der Waals surface area (Å²) in [7, 11) is -2.45. The summed E-state index contributed by atoms with van der Waals surface area (Å²) in [6, 6.07) is 0. The molecule has 5 heteroatoms. The molecule has 0 spiro atoms. The van der Waals surface area contributed by atoms with Crippen LogP contribution in [-0.4, -0.2) is 19.2 Å². The van der Waals surface area contributed by atoms with E-state index in [0.29, 0.717) is 0 Å². The van der Waals surface area contributed by atoms with Gasteiger partial charge >= 0.3 is 0 Å². The Morgan fingerprint density at radius 3 is 1.63 bits per heavy atom. The van der Waals surface area contributed by atoms with Gasteiger partial charge in [-0.15, -0.1) is 0 Å². The van der Waals surface area contributed by atoms with Crippen LogP contribution in [0.4, 0.5) is 0 Å². The Bertz CT molecular complexity index is 366. The van der Waals surface area contributed by atoms with Crippen LogP contribution in [0.15, 0.2) is 0 Å². The second-order valence-corrected chi connectivity index (χ2v) is 5.92. The van der Waals surface area contributed by atoms with Crippen molar-refractivity contribution in [2.45, 2.75) is 77.6 Å². The molecule has 4 nitrogen and oxygen atoms in total. The summed E-state index contributed by atoms with van der Waals surface area (Å²) in [4.78, 5) is 10.7. The van der Waals surface area contributed by atoms with Crippen LogP contribution in [0.3, 0.4) is 0 Å². The van der Waals surface area contributed by atoms with E-state index in [-0.39, 0.29) is 11.3 Å². The number of carbonyl (C=O) groups excluding carboxylic acids is 1. The summed E-state index contributed by atoms with van der Waals surface area (Å²) in [5, 5.41) is 0. The van der Waals surface area contributed by atoms with Gasteiger partial charge in [-0.2, -0.15) is 8.42 Å². The number of unbranched alkanes of at least 4 members (excludes halogenated alkanes) is 9. The highest BCUT2D eigenvalue weighted by molar-refractivity contribution is 7.74. The van der Waals surface area contributed by atoms with Gasteiger partial charge in [0.05, 0.1) is 0 Å². The van der Waals surface area contributed by atoms with Crippen molar-refractivity contribution in [3.05, 3.63) is 0 Å². The fourth-order valence-corrected chi connectivity index (χ4v) is 2.54. The van der Waals surface area contributed by atoms with Crippen LogP contribution < -0.4 is 5.73 Å². The van der Waals surface area contributed by atoms with Gasteiger partial charge in [0.2, 0.25) is 10.3 Å². The van der Waals surface area contributed by atoms with Gasteiger partial charge < -0.3 is 5.73 Å². The van der Waals surface area contributed by atoms with Crippen molar-refractivity contribution in [1.82, 2.24) is 0 Å². The molecule has 0 heterocycles. The molecular weight excluding hydrogens is 262 g/mol. The first-order chi connectivity index (χ1) is 9.09. The molecule has 0 bridgehead atoms. The van der Waals surface area contributed by atoms with E-state index in [0.717, 1.165) is 19.3 Å². The highest BCUT2D eigenvalue weighted by atomic mass is 32.2. The number of rotatable bonds is 12. The second-order valence-electron chi connectivity index (χ2n) is 4.95. The van der Waals surface area contributed by atoms with E-state index >= 15 is 0 Å². The molecule has 0 fully saturated rings. The molecule has 0 aromatic heterocycles. The Morgan fingerprint density at radius 2 is 1.26 bits per heavy atom. The van der Waals surface area contributed by atoms with Crippen LogP contribution in [0, 0.1) is 0 Å². The molecule has 0 aromatic rings. The minimum absolute atomic E-state index is 0.167. The quantitative estimate of drug-likeness (QED) is 0.443. The molecule has 0 radical (unpaired) electrons. The van der Waals surface area contributed by atoms with Gasteiger partial charge in [-0.25, -0.2) is 0 Å². The lowest BCUT2D eigenvalue weighted by Crippen LogP contribution is -2.23. The summed E-state index contributed by atoms with van der Waals surface area (Å²) in [6.07, 6.45) is 12.1. The van der Waals surface area contributed by atoms with Crippen LogP contribution in [0.1, 0.15) is 77.6 Å². The molecule has 112 valence electrons. The van der Waals surface area contributed by atoms with E-state index in [1.165, 1.54) is 44.9 Å². The largest absolute Gasteiger partial charge is 0.365 e. The summed E-state index contributed by atoms with van der Waals surface area (Å²) in [5.74, 6) is -0.816. The lowest BCUT2D eigenvalue weighted by Gasteiger charge is -2.02. The van der Waals surface area contributed by atoms with Crippen molar-refractivity contribution in [2.24, 2.45) is 5.73 Å². The lowest BCUT2D eigenvalue weighted by atomic mass is 10.1. The number of hydrogen-bond donors (Lipinski definition) is 1. The van der Waals surface area contributed by atoms with Gasteiger partial charge in [0.1, 0.15) is 4.86 Å². The molecule has 1 amide bonds. The highest BCUT2D eigenvalue weighted by Crippen LogP contribution is 2.11. The highest BCUT2D eigenvalue weighted by Gasteiger charge is 2.08. The van der Waals surface area contributed by atoms with Crippen molar-refractivity contribution in [3.8, 4) is 0 Å². The molecule has 0 aliphatic carbocycles. The summed E-state index contributed by atoms with van der Waals surface area (Å²) in [5.41, 5.74) is 4.99. The maximum absolute atomic E-state index is 10.8. The first-order valence-electron chi connectivity index (χ1n) is 7.34. The Labute approximate surface area is 118 Å². The average Bonchev–Trinajstić information content (AvgIpc) is 2.35. The van der Waals surface area contributed by atoms with Crippen LogP contribution in [-0.2, 0) is 15.1 Å². The van der Waals surface area contributed by atoms with Gasteiger partial charge in [0, 0.05) is 0 Å². The van der Waals surface area contributed by atoms with Gasteiger partial charge in [-0.3, -0.25) is 4.79 Å². The predicted molar refractivity (Wildman–Crippen MR) is 79.6 cm³/mol. The number of carbonyl (C=O) groups is 1. The molecule has 19 heavy (non-hydrogen) atoms. The minimum atomic E-state index is -2.45. The van der Waals surface area contributed by atoms with Crippen LogP contribution >= 0.6 is 0 Å². The van der Waals surface area contributed by atoms with Gasteiger partial charge in [-0.05, 0) is 12.8 Å². The summed E-state index contributed by atoms with van der Waals surface area (Å²) in [6.45, 7) is 2.21. The standard InChI is InChI=1S/C14H27NO3S/c1-2-3-4-5-6-7-8-9-10-11-12-13(14(15)16)19(17)18/h2-12H2,1H3,(H2,15,16). The zero-order chi connectivity index (χ0) is 14.5. The van der Waals surface area contributed by atoms with E-state index in [9.17, 15) is 13.2 Å². The third kappa shape index (κ3) is 10.7. The molecule has 0 aromatic carbocycles. The fraction of sp³-hybridized carbons (Fsp3) is 0.857. The van der Waals surface area contributed by atoms with Gasteiger partial charge in [-0.1, -0.05) is 64.7 Å². The molecule has 0 aliphatic rings. The van der Waals surface area contributed by atoms with Crippen molar-refractivity contribution in [3.63, 3.8) is 0 Å². The Balaban J connectivity index is 3.46. The van der Waals surface area contributed by atoms with Crippen molar-refractivity contribution < 1.29 is 13.2 Å². The maximum Gasteiger partial charge on any atom is 0.260 e. The van der Waals surface area contributed by atoms with E-state index in [4.69, 9.17) is 5.73 Å². The van der Waals surface area contributed by atoms with Crippen molar-refractivity contribution >= 4 is 21.1 Å². The topological polar surface area (TPSA) is 77.2 Å². The number of amides is 1. The smallest absolute Gasteiger partial charge is 0.260 e. The lowest BCUT2D eigenvalue weighted by molar-refractivity contribution is -0.111. The molecule has 2 N–H and O–H groups in total. The minimum Gasteiger partial charge on any atom is -0.365 e. The normalized spacial score (nSPS) is 10.4. The summed E-state index contributed by atoms with van der Waals surface area (Å²) < 4.78 is 21.4. The van der Waals surface area contributed by atoms with Crippen LogP contribution in [0.25, 0.3) is 0 Å². The molecule has 0 rings (SSSR count). The Hall–Kier alpha value is -0.840. The maximum atomic E-state index is 10.8. The van der Waals surface area contributed by atoms with Crippen molar-refractivity contribution in [1.29, 1.82) is 0 Å². The molecule has 0 unspecified atom stereocenters. The van der Waals surface area contributed by atoms with Crippen molar-refractivity contribution in [2.75, 3.05) is 0 Å². The first-order valence-corrected chi connectivity index (χ1v) is 8.42. The zero-order valence-corrected chi connectivity index (χ0v) is 12.8. The molecule has 0 aliphatic heterocycles. The Kier molecular flexibility index (Phi) is 11.7. The second kappa shape index (κ2) is 12.2. The number of hydrogen-bond acceptors (Lipinski definition) is 3. The molecular formula is C14H27NO3S. The molecule has 0 saturated heterocycles. The van der Waals surface area contributed by atoms with E-state index in [1.807, 2.05) is 0 Å². The fourth-order valence-electron chi connectivity index (χ4n) is 2.06. The number of nitrogens with two attached hydrogens (primary N) is 1.